The van der Waals surface area contributed by atoms with Crippen molar-refractivity contribution in [1.82, 2.24) is 4.72 Å². The molecule has 0 aliphatic heterocycles. The zero-order chi connectivity index (χ0) is 15.7. The van der Waals surface area contributed by atoms with Gasteiger partial charge < -0.3 is 0 Å². The molecule has 0 unspecified atom stereocenters. The summed E-state index contributed by atoms with van der Waals surface area (Å²) in [5, 5.41) is 0.341. The molecule has 0 radical (unpaired) electrons. The fraction of sp³-hybridized carbons (Fsp3) is 0.625. The van der Waals surface area contributed by atoms with E-state index in [0.717, 1.165) is 31.2 Å². The monoisotopic (exact) mass is 329 g/mol. The van der Waals surface area contributed by atoms with Crippen LogP contribution in [-0.2, 0) is 15.4 Å². The van der Waals surface area contributed by atoms with E-state index in [1.807, 2.05) is 26.8 Å². The van der Waals surface area contributed by atoms with E-state index in [9.17, 15) is 8.42 Å². The van der Waals surface area contributed by atoms with Crippen LogP contribution in [0.3, 0.4) is 0 Å². The normalized spacial score (nSPS) is 17.9. The van der Waals surface area contributed by atoms with Crippen LogP contribution in [0.1, 0.15) is 58.4 Å². The van der Waals surface area contributed by atoms with E-state index in [1.54, 1.807) is 12.1 Å². The maximum absolute atomic E-state index is 12.6. The Morgan fingerprint density at radius 3 is 2.33 bits per heavy atom. The van der Waals surface area contributed by atoms with Crippen LogP contribution in [0, 0.1) is 0 Å². The first-order valence-electron chi connectivity index (χ1n) is 7.53. The van der Waals surface area contributed by atoms with E-state index < -0.39 is 10.0 Å². The van der Waals surface area contributed by atoms with Crippen molar-refractivity contribution in [2.24, 2.45) is 0 Å². The molecular formula is C16H24ClNO2S. The SMILES string of the molecule is CC(C)(C)c1cccc(S(=O)(=O)NC2CCCCC2)c1Cl. The average molecular weight is 330 g/mol. The Bertz CT molecular complexity index is 599. The lowest BCUT2D eigenvalue weighted by Gasteiger charge is -2.25. The Morgan fingerprint density at radius 2 is 1.76 bits per heavy atom. The smallest absolute Gasteiger partial charge is 0.208 e. The lowest BCUT2D eigenvalue weighted by atomic mass is 9.87. The van der Waals surface area contributed by atoms with Crippen molar-refractivity contribution in [3.05, 3.63) is 28.8 Å². The molecule has 21 heavy (non-hydrogen) atoms. The van der Waals surface area contributed by atoms with Crippen molar-refractivity contribution in [3.63, 3.8) is 0 Å². The van der Waals surface area contributed by atoms with Crippen LogP contribution in [-0.4, -0.2) is 14.5 Å². The number of benzene rings is 1. The van der Waals surface area contributed by atoms with E-state index in [2.05, 4.69) is 4.72 Å². The predicted octanol–water partition coefficient (Wildman–Crippen LogP) is 4.25. The molecule has 0 saturated heterocycles. The molecule has 1 aromatic carbocycles. The molecule has 1 aliphatic rings. The molecule has 0 aromatic heterocycles. The molecule has 0 atom stereocenters. The van der Waals surface area contributed by atoms with Gasteiger partial charge in [0.2, 0.25) is 10.0 Å². The first-order chi connectivity index (χ1) is 9.72. The van der Waals surface area contributed by atoms with E-state index in [0.29, 0.717) is 5.02 Å². The van der Waals surface area contributed by atoms with Gasteiger partial charge >= 0.3 is 0 Å². The van der Waals surface area contributed by atoms with Gasteiger partial charge in [-0.2, -0.15) is 0 Å². The fourth-order valence-corrected chi connectivity index (χ4v) is 4.92. The molecule has 2 rings (SSSR count). The Kier molecular flexibility index (Phi) is 5.01. The standard InChI is InChI=1S/C16H24ClNO2S/c1-16(2,3)13-10-7-11-14(15(13)17)21(19,20)18-12-8-5-4-6-9-12/h7,10-12,18H,4-6,8-9H2,1-3H3. The number of sulfonamides is 1. The van der Waals surface area contributed by atoms with Gasteiger partial charge in [0.05, 0.1) is 5.02 Å². The van der Waals surface area contributed by atoms with E-state index in [-0.39, 0.29) is 16.4 Å². The second-order valence-corrected chi connectivity index (χ2v) is 8.88. The minimum Gasteiger partial charge on any atom is -0.208 e. The summed E-state index contributed by atoms with van der Waals surface area (Å²) < 4.78 is 28.0. The molecule has 1 aromatic rings. The van der Waals surface area contributed by atoms with Crippen molar-refractivity contribution >= 4 is 21.6 Å². The average Bonchev–Trinajstić information content (AvgIpc) is 2.38. The largest absolute Gasteiger partial charge is 0.242 e. The molecule has 0 heterocycles. The van der Waals surface area contributed by atoms with Gasteiger partial charge in [-0.25, -0.2) is 13.1 Å². The lowest BCUT2D eigenvalue weighted by molar-refractivity contribution is 0.412. The summed E-state index contributed by atoms with van der Waals surface area (Å²) in [4.78, 5) is 0.196. The molecular weight excluding hydrogens is 306 g/mol. The summed E-state index contributed by atoms with van der Waals surface area (Å²) in [6, 6.07) is 5.28. The zero-order valence-electron chi connectivity index (χ0n) is 12.9. The van der Waals surface area contributed by atoms with Crippen molar-refractivity contribution < 1.29 is 8.42 Å². The van der Waals surface area contributed by atoms with Crippen LogP contribution < -0.4 is 4.72 Å². The third kappa shape index (κ3) is 3.99. The van der Waals surface area contributed by atoms with Crippen molar-refractivity contribution in [3.8, 4) is 0 Å². The molecule has 118 valence electrons. The van der Waals surface area contributed by atoms with Crippen molar-refractivity contribution in [2.45, 2.75) is 69.2 Å². The molecule has 1 fully saturated rings. The number of hydrogen-bond donors (Lipinski definition) is 1. The van der Waals surface area contributed by atoms with Gasteiger partial charge in [0, 0.05) is 6.04 Å². The van der Waals surface area contributed by atoms with Gasteiger partial charge in [-0.3, -0.25) is 0 Å². The molecule has 5 heteroatoms. The Labute approximate surface area is 133 Å². The van der Waals surface area contributed by atoms with Crippen molar-refractivity contribution in [2.75, 3.05) is 0 Å². The highest BCUT2D eigenvalue weighted by Crippen LogP contribution is 2.34. The van der Waals surface area contributed by atoms with Crippen LogP contribution in [0.15, 0.2) is 23.1 Å². The second-order valence-electron chi connectivity index (χ2n) is 6.82. The molecule has 0 spiro atoms. The summed E-state index contributed by atoms with van der Waals surface area (Å²) in [5.41, 5.74) is 0.670. The molecule has 0 amide bonds. The third-order valence-corrected chi connectivity index (χ3v) is 6.07. The topological polar surface area (TPSA) is 46.2 Å². The highest BCUT2D eigenvalue weighted by atomic mass is 35.5. The van der Waals surface area contributed by atoms with Gasteiger partial charge in [0.1, 0.15) is 4.90 Å². The van der Waals surface area contributed by atoms with Gasteiger partial charge in [-0.1, -0.05) is 63.8 Å². The lowest BCUT2D eigenvalue weighted by Crippen LogP contribution is -2.36. The highest BCUT2D eigenvalue weighted by molar-refractivity contribution is 7.89. The Hall–Kier alpha value is -0.580. The number of hydrogen-bond acceptors (Lipinski definition) is 2. The summed E-state index contributed by atoms with van der Waals surface area (Å²) in [6.45, 7) is 6.08. The van der Waals surface area contributed by atoms with Gasteiger partial charge in [-0.15, -0.1) is 0 Å². The number of rotatable bonds is 3. The van der Waals surface area contributed by atoms with Crippen LogP contribution >= 0.6 is 11.6 Å². The first kappa shape index (κ1) is 16.8. The summed E-state index contributed by atoms with van der Waals surface area (Å²) in [5.74, 6) is 0. The third-order valence-electron chi connectivity index (χ3n) is 3.99. The molecule has 0 bridgehead atoms. The molecule has 1 aliphatic carbocycles. The van der Waals surface area contributed by atoms with E-state index in [4.69, 9.17) is 11.6 Å². The summed E-state index contributed by atoms with van der Waals surface area (Å²) in [7, 11) is -3.56. The zero-order valence-corrected chi connectivity index (χ0v) is 14.5. The fourth-order valence-electron chi connectivity index (χ4n) is 2.80. The summed E-state index contributed by atoms with van der Waals surface area (Å²) in [6.07, 6.45) is 5.19. The maximum Gasteiger partial charge on any atom is 0.242 e. The Balaban J connectivity index is 2.32. The summed E-state index contributed by atoms with van der Waals surface area (Å²) >= 11 is 6.38. The van der Waals surface area contributed by atoms with Gasteiger partial charge in [0.15, 0.2) is 0 Å². The van der Waals surface area contributed by atoms with Crippen LogP contribution in [0.4, 0.5) is 0 Å². The maximum atomic E-state index is 12.6. The molecule has 1 N–H and O–H groups in total. The van der Waals surface area contributed by atoms with Gasteiger partial charge in [0.25, 0.3) is 0 Å². The van der Waals surface area contributed by atoms with Crippen LogP contribution in [0.2, 0.25) is 5.02 Å². The number of halogens is 1. The highest BCUT2D eigenvalue weighted by Gasteiger charge is 2.27. The quantitative estimate of drug-likeness (QED) is 0.901. The van der Waals surface area contributed by atoms with Crippen LogP contribution in [0.5, 0.6) is 0 Å². The van der Waals surface area contributed by atoms with E-state index in [1.165, 1.54) is 6.42 Å². The molecule has 1 saturated carbocycles. The molecule has 3 nitrogen and oxygen atoms in total. The van der Waals surface area contributed by atoms with Gasteiger partial charge in [-0.05, 0) is 29.9 Å². The second kappa shape index (κ2) is 6.27. The Morgan fingerprint density at radius 1 is 1.14 bits per heavy atom. The number of nitrogens with one attached hydrogen (secondary N) is 1. The predicted molar refractivity (Wildman–Crippen MR) is 87.3 cm³/mol. The van der Waals surface area contributed by atoms with Crippen molar-refractivity contribution in [1.29, 1.82) is 0 Å². The van der Waals surface area contributed by atoms with Crippen LogP contribution in [0.25, 0.3) is 0 Å². The minimum atomic E-state index is -3.56. The minimum absolute atomic E-state index is 0.0399. The first-order valence-corrected chi connectivity index (χ1v) is 9.39. The van der Waals surface area contributed by atoms with E-state index >= 15 is 0 Å².